The number of aromatic nitrogens is 2. The quantitative estimate of drug-likeness (QED) is 0.565. The van der Waals surface area contributed by atoms with Gasteiger partial charge in [0.25, 0.3) is 5.82 Å². The fraction of sp³-hybridized carbons (Fsp3) is 0.375. The van der Waals surface area contributed by atoms with E-state index in [9.17, 15) is 0 Å². The number of hydrogen-bond acceptors (Lipinski definition) is 2. The molecule has 0 aromatic carbocycles. The van der Waals surface area contributed by atoms with E-state index in [2.05, 4.69) is 14.8 Å². The maximum absolute atomic E-state index is 6.74. The van der Waals surface area contributed by atoms with Crippen LogP contribution in [-0.4, -0.2) is 9.97 Å². The Balaban J connectivity index is 2.35. The van der Waals surface area contributed by atoms with Gasteiger partial charge in [0.05, 0.1) is 0 Å². The first-order valence-electron chi connectivity index (χ1n) is 3.60. The molecule has 0 spiro atoms. The summed E-state index contributed by atoms with van der Waals surface area (Å²) >= 11 is 0. The summed E-state index contributed by atoms with van der Waals surface area (Å²) in [7, 11) is 0. The largest absolute Gasteiger partial charge is 0.361 e. The van der Waals surface area contributed by atoms with Crippen molar-refractivity contribution in [3.8, 4) is 0 Å². The molecule has 3 nitrogen and oxygen atoms in total. The summed E-state index contributed by atoms with van der Waals surface area (Å²) in [6, 6.07) is 1.64. The van der Waals surface area contributed by atoms with E-state index in [-0.39, 0.29) is 0 Å². The van der Waals surface area contributed by atoms with Crippen LogP contribution in [0.4, 0.5) is 5.82 Å². The van der Waals surface area contributed by atoms with Crippen LogP contribution >= 0.6 is 0 Å². The zero-order valence-electron chi connectivity index (χ0n) is 5.99. The molecule has 1 aromatic heterocycles. The van der Waals surface area contributed by atoms with Crippen molar-refractivity contribution < 1.29 is 0 Å². The second-order valence-corrected chi connectivity index (χ2v) is 2.66. The van der Waals surface area contributed by atoms with Gasteiger partial charge in [-0.15, -0.1) is 4.98 Å². The molecule has 0 N–H and O–H groups in total. The summed E-state index contributed by atoms with van der Waals surface area (Å²) in [6.07, 6.45) is 4.02. The predicted molar refractivity (Wildman–Crippen MR) is 40.3 cm³/mol. The summed E-state index contributed by atoms with van der Waals surface area (Å²) in [4.78, 5) is 11.4. The monoisotopic (exact) mass is 145 g/mol. The Hall–Kier alpha value is -1.43. The lowest BCUT2D eigenvalue weighted by molar-refractivity contribution is 0.934. The van der Waals surface area contributed by atoms with Crippen LogP contribution < -0.4 is 0 Å². The van der Waals surface area contributed by atoms with Gasteiger partial charge in [-0.25, -0.2) is 4.98 Å². The number of nitrogens with zero attached hydrogens (tertiary/aromatic N) is 3. The van der Waals surface area contributed by atoms with Crippen molar-refractivity contribution in [2.75, 3.05) is 0 Å². The minimum Gasteiger partial charge on any atom is -0.361 e. The van der Waals surface area contributed by atoms with Crippen molar-refractivity contribution in [3.63, 3.8) is 0 Å². The van der Waals surface area contributed by atoms with Gasteiger partial charge in [0, 0.05) is 12.1 Å². The van der Waals surface area contributed by atoms with Gasteiger partial charge in [0.1, 0.15) is 0 Å². The Morgan fingerprint density at radius 2 is 2.36 bits per heavy atom. The van der Waals surface area contributed by atoms with Crippen LogP contribution in [-0.2, 0) is 0 Å². The van der Waals surface area contributed by atoms with Crippen LogP contribution in [0.5, 0.6) is 0 Å². The number of hydrogen-bond donors (Lipinski definition) is 0. The standard InChI is InChI=1S/C8H7N3/c1-9-7-4-5-10-8(11-7)6-2-3-6/h4-6H,2-3H2. The van der Waals surface area contributed by atoms with Crippen molar-refractivity contribution in [1.82, 2.24) is 9.97 Å². The first-order chi connectivity index (χ1) is 5.40. The van der Waals surface area contributed by atoms with Gasteiger partial charge in [-0.1, -0.05) is 6.57 Å². The van der Waals surface area contributed by atoms with Crippen LogP contribution in [0.15, 0.2) is 12.3 Å². The Labute approximate surface area is 64.9 Å². The van der Waals surface area contributed by atoms with Crippen LogP contribution in [0.3, 0.4) is 0 Å². The van der Waals surface area contributed by atoms with Gasteiger partial charge in [-0.05, 0) is 18.9 Å². The van der Waals surface area contributed by atoms with Crippen LogP contribution in [0.1, 0.15) is 24.6 Å². The fourth-order valence-electron chi connectivity index (χ4n) is 0.964. The second-order valence-electron chi connectivity index (χ2n) is 2.66. The summed E-state index contributed by atoms with van der Waals surface area (Å²) in [5, 5.41) is 0. The predicted octanol–water partition coefficient (Wildman–Crippen LogP) is 1.90. The molecule has 0 aliphatic heterocycles. The smallest absolute Gasteiger partial charge is 0.273 e. The maximum atomic E-state index is 6.74. The molecular weight excluding hydrogens is 138 g/mol. The van der Waals surface area contributed by atoms with Crippen LogP contribution in [0, 0.1) is 6.57 Å². The van der Waals surface area contributed by atoms with Crippen molar-refractivity contribution >= 4 is 5.82 Å². The van der Waals surface area contributed by atoms with Crippen LogP contribution in [0.2, 0.25) is 0 Å². The third-order valence-corrected chi connectivity index (χ3v) is 1.72. The topological polar surface area (TPSA) is 30.1 Å². The Morgan fingerprint density at radius 1 is 1.55 bits per heavy atom. The molecule has 2 rings (SSSR count). The molecule has 1 saturated carbocycles. The van der Waals surface area contributed by atoms with E-state index in [1.807, 2.05) is 0 Å². The Bertz CT molecular complexity index is 309. The molecule has 0 atom stereocenters. The molecule has 1 heterocycles. The first-order valence-corrected chi connectivity index (χ1v) is 3.60. The summed E-state index contributed by atoms with van der Waals surface area (Å²) in [5.74, 6) is 1.84. The molecule has 3 heteroatoms. The third kappa shape index (κ3) is 1.20. The molecular formula is C8H7N3. The Morgan fingerprint density at radius 3 is 3.00 bits per heavy atom. The highest BCUT2D eigenvalue weighted by Gasteiger charge is 2.29. The molecule has 1 fully saturated rings. The van der Waals surface area contributed by atoms with E-state index >= 15 is 0 Å². The van der Waals surface area contributed by atoms with Crippen molar-refractivity contribution in [2.24, 2.45) is 0 Å². The van der Waals surface area contributed by atoms with Gasteiger partial charge >= 0.3 is 0 Å². The SMILES string of the molecule is [C-]#[N+]c1ccnc(C2CC2)n1. The lowest BCUT2D eigenvalue weighted by Gasteiger charge is -1.90. The van der Waals surface area contributed by atoms with Crippen LogP contribution in [0.25, 0.3) is 4.85 Å². The molecule has 0 radical (unpaired) electrons. The highest BCUT2D eigenvalue weighted by atomic mass is 15.0. The Kier molecular flexibility index (Phi) is 1.32. The molecule has 0 bridgehead atoms. The highest BCUT2D eigenvalue weighted by Crippen LogP contribution is 2.38. The van der Waals surface area contributed by atoms with E-state index < -0.39 is 0 Å². The molecule has 1 aliphatic rings. The average Bonchev–Trinajstić information content (AvgIpc) is 2.87. The third-order valence-electron chi connectivity index (χ3n) is 1.72. The van der Waals surface area contributed by atoms with Crippen molar-refractivity contribution in [3.05, 3.63) is 29.5 Å². The minimum atomic E-state index is 0.460. The van der Waals surface area contributed by atoms with Gasteiger partial charge in [0.15, 0.2) is 0 Å². The lowest BCUT2D eigenvalue weighted by atomic mass is 10.4. The summed E-state index contributed by atoms with van der Waals surface area (Å²) < 4.78 is 0. The molecule has 0 unspecified atom stereocenters. The average molecular weight is 145 g/mol. The molecule has 1 aliphatic carbocycles. The number of rotatable bonds is 1. The molecule has 0 amide bonds. The van der Waals surface area contributed by atoms with E-state index in [1.54, 1.807) is 12.3 Å². The fourth-order valence-corrected chi connectivity index (χ4v) is 0.964. The highest BCUT2D eigenvalue weighted by molar-refractivity contribution is 5.34. The van der Waals surface area contributed by atoms with Gasteiger partial charge in [0.2, 0.25) is 5.82 Å². The lowest BCUT2D eigenvalue weighted by Crippen LogP contribution is -1.88. The maximum Gasteiger partial charge on any atom is 0.273 e. The van der Waals surface area contributed by atoms with E-state index in [4.69, 9.17) is 6.57 Å². The van der Waals surface area contributed by atoms with E-state index in [0.29, 0.717) is 11.7 Å². The van der Waals surface area contributed by atoms with Crippen molar-refractivity contribution in [2.45, 2.75) is 18.8 Å². The second kappa shape index (κ2) is 2.31. The van der Waals surface area contributed by atoms with E-state index in [0.717, 1.165) is 5.82 Å². The van der Waals surface area contributed by atoms with Crippen molar-refractivity contribution in [1.29, 1.82) is 0 Å². The first kappa shape index (κ1) is 6.29. The minimum absolute atomic E-state index is 0.460. The van der Waals surface area contributed by atoms with Gasteiger partial charge in [-0.3, -0.25) is 0 Å². The molecule has 11 heavy (non-hydrogen) atoms. The summed E-state index contributed by atoms with van der Waals surface area (Å²) in [5.41, 5.74) is 0. The van der Waals surface area contributed by atoms with Gasteiger partial charge < -0.3 is 4.85 Å². The van der Waals surface area contributed by atoms with E-state index in [1.165, 1.54) is 12.8 Å². The zero-order chi connectivity index (χ0) is 7.68. The molecule has 0 saturated heterocycles. The summed E-state index contributed by atoms with van der Waals surface area (Å²) in [6.45, 7) is 6.74. The molecule has 54 valence electrons. The normalized spacial score (nSPS) is 15.9. The molecule has 1 aromatic rings. The van der Waals surface area contributed by atoms with Gasteiger partial charge in [-0.2, -0.15) is 0 Å². The zero-order valence-corrected chi connectivity index (χ0v) is 5.99.